The molecule has 0 bridgehead atoms. The maximum absolute atomic E-state index is 14.0. The van der Waals surface area contributed by atoms with Crippen LogP contribution in [0.15, 0.2) is 108 Å². The molecule has 246 valence electrons. The van der Waals surface area contributed by atoms with E-state index in [4.69, 9.17) is 9.47 Å². The van der Waals surface area contributed by atoms with Crippen molar-refractivity contribution in [3.63, 3.8) is 0 Å². The summed E-state index contributed by atoms with van der Waals surface area (Å²) in [6, 6.07) is 30.4. The Balaban J connectivity index is 1.33. The summed E-state index contributed by atoms with van der Waals surface area (Å²) >= 11 is 0. The van der Waals surface area contributed by atoms with Crippen molar-refractivity contribution in [2.45, 2.75) is 55.6 Å². The predicted octanol–water partition coefficient (Wildman–Crippen LogP) is 5.21. The van der Waals surface area contributed by atoms with Crippen molar-refractivity contribution in [1.82, 2.24) is 14.9 Å². The van der Waals surface area contributed by atoms with Gasteiger partial charge in [-0.25, -0.2) is 13.1 Å². The first-order valence-corrected chi connectivity index (χ1v) is 17.2. The summed E-state index contributed by atoms with van der Waals surface area (Å²) in [5, 5.41) is 3.06. The van der Waals surface area contributed by atoms with Crippen LogP contribution in [0.4, 0.5) is 0 Å². The maximum atomic E-state index is 14.0. The number of hydrogen-bond acceptors (Lipinski definition) is 6. The fourth-order valence-electron chi connectivity index (χ4n) is 5.39. The maximum Gasteiger partial charge on any atom is 0.247 e. The molecule has 5 rings (SSSR count). The average molecular weight is 656 g/mol. The normalized spacial score (nSPS) is 13.4. The van der Waals surface area contributed by atoms with Gasteiger partial charge < -0.3 is 19.7 Å². The van der Waals surface area contributed by atoms with Gasteiger partial charge in [-0.3, -0.25) is 9.59 Å². The molecule has 4 aromatic rings. The van der Waals surface area contributed by atoms with E-state index in [9.17, 15) is 18.0 Å². The molecule has 0 radical (unpaired) electrons. The van der Waals surface area contributed by atoms with Crippen LogP contribution >= 0.6 is 0 Å². The second-order valence-electron chi connectivity index (χ2n) is 11.6. The molecule has 0 unspecified atom stereocenters. The number of rotatable bonds is 16. The van der Waals surface area contributed by atoms with Crippen LogP contribution < -0.4 is 19.5 Å². The molecular weight excluding hydrogens is 614 g/mol. The number of methoxy groups -OCH3 is 2. The minimum atomic E-state index is -3.56. The molecule has 4 aromatic carbocycles. The van der Waals surface area contributed by atoms with Gasteiger partial charge in [-0.1, -0.05) is 78.9 Å². The molecule has 1 saturated carbocycles. The van der Waals surface area contributed by atoms with E-state index in [1.54, 1.807) is 43.4 Å². The molecule has 0 spiro atoms. The summed E-state index contributed by atoms with van der Waals surface area (Å²) in [5.41, 5.74) is 3.41. The lowest BCUT2D eigenvalue weighted by molar-refractivity contribution is -0.141. The minimum Gasteiger partial charge on any atom is -0.493 e. The highest BCUT2D eigenvalue weighted by atomic mass is 32.2. The van der Waals surface area contributed by atoms with Crippen LogP contribution in [0.25, 0.3) is 0 Å². The van der Waals surface area contributed by atoms with Crippen LogP contribution in [-0.4, -0.2) is 51.9 Å². The van der Waals surface area contributed by atoms with Crippen LogP contribution in [0.3, 0.4) is 0 Å². The summed E-state index contributed by atoms with van der Waals surface area (Å²) in [6.07, 6.45) is 2.81. The first kappa shape index (κ1) is 33.7. The molecule has 1 atom stereocenters. The van der Waals surface area contributed by atoms with Crippen molar-refractivity contribution in [2.75, 3.05) is 20.8 Å². The standard InChI is InChI=1S/C37H41N3O6S/c1-45-33-21-15-28(25-34(33)46-2)23-24-38-37(42)36(30-11-7-4-8-12-30)40(26-29-9-5-3-6-10-29)35(41)22-16-27-13-19-32(20-14-27)47(43,44)39-31-17-18-31/h3-15,19-21,25,31,36,39H,16-18,22-24,26H2,1-2H3,(H,38,42)/t36-/m0/s1. The minimum absolute atomic E-state index is 0.0219. The topological polar surface area (TPSA) is 114 Å². The van der Waals surface area contributed by atoms with Crippen molar-refractivity contribution in [3.05, 3.63) is 125 Å². The number of hydrogen-bond donors (Lipinski definition) is 2. The number of sulfonamides is 1. The Bertz CT molecular complexity index is 1740. The summed E-state index contributed by atoms with van der Waals surface area (Å²) in [4.78, 5) is 29.8. The molecular formula is C37H41N3O6S. The molecule has 0 aromatic heterocycles. The van der Waals surface area contributed by atoms with Crippen LogP contribution in [0.2, 0.25) is 0 Å². The largest absolute Gasteiger partial charge is 0.493 e. The first-order valence-electron chi connectivity index (χ1n) is 15.8. The van der Waals surface area contributed by atoms with Gasteiger partial charge in [0.25, 0.3) is 0 Å². The molecule has 1 aliphatic rings. The highest BCUT2D eigenvalue weighted by molar-refractivity contribution is 7.89. The van der Waals surface area contributed by atoms with Gasteiger partial charge in [-0.05, 0) is 72.2 Å². The quantitative estimate of drug-likeness (QED) is 0.172. The fourth-order valence-corrected chi connectivity index (χ4v) is 6.70. The van der Waals surface area contributed by atoms with Crippen LogP contribution in [-0.2, 0) is 39.0 Å². The first-order chi connectivity index (χ1) is 22.8. The van der Waals surface area contributed by atoms with Crippen molar-refractivity contribution < 1.29 is 27.5 Å². The second-order valence-corrected chi connectivity index (χ2v) is 13.3. The van der Waals surface area contributed by atoms with Gasteiger partial charge in [-0.2, -0.15) is 0 Å². The molecule has 0 heterocycles. The zero-order valence-electron chi connectivity index (χ0n) is 26.7. The number of carbonyl (C=O) groups is 2. The number of nitrogens with zero attached hydrogens (tertiary/aromatic N) is 1. The molecule has 9 nitrogen and oxygen atoms in total. The van der Waals surface area contributed by atoms with E-state index in [1.807, 2.05) is 78.9 Å². The van der Waals surface area contributed by atoms with E-state index in [2.05, 4.69) is 10.0 Å². The van der Waals surface area contributed by atoms with E-state index in [0.717, 1.165) is 29.5 Å². The monoisotopic (exact) mass is 655 g/mol. The second kappa shape index (κ2) is 15.8. The number of carbonyl (C=O) groups excluding carboxylic acids is 2. The van der Waals surface area contributed by atoms with Crippen molar-refractivity contribution >= 4 is 21.8 Å². The van der Waals surface area contributed by atoms with Crippen molar-refractivity contribution in [2.24, 2.45) is 0 Å². The van der Waals surface area contributed by atoms with Gasteiger partial charge in [0.2, 0.25) is 21.8 Å². The lowest BCUT2D eigenvalue weighted by Crippen LogP contribution is -2.44. The molecule has 0 saturated heterocycles. The Morgan fingerprint density at radius 3 is 2.06 bits per heavy atom. The van der Waals surface area contributed by atoms with Crippen LogP contribution in [0, 0.1) is 0 Å². The number of aryl methyl sites for hydroxylation is 1. The molecule has 0 aliphatic heterocycles. The summed E-state index contributed by atoms with van der Waals surface area (Å²) < 4.78 is 38.6. The number of ether oxygens (including phenoxy) is 2. The number of amides is 2. The lowest BCUT2D eigenvalue weighted by atomic mass is 10.0. The van der Waals surface area contributed by atoms with Gasteiger partial charge in [0, 0.05) is 25.6 Å². The third-order valence-electron chi connectivity index (χ3n) is 8.11. The summed E-state index contributed by atoms with van der Waals surface area (Å²) in [7, 11) is -0.392. The van der Waals surface area contributed by atoms with Crippen LogP contribution in [0.1, 0.15) is 47.6 Å². The average Bonchev–Trinajstić information content (AvgIpc) is 3.91. The molecule has 1 fully saturated rings. The van der Waals surface area contributed by atoms with Gasteiger partial charge in [0.05, 0.1) is 19.1 Å². The summed E-state index contributed by atoms with van der Waals surface area (Å²) in [6.45, 7) is 0.599. The van der Waals surface area contributed by atoms with Gasteiger partial charge in [-0.15, -0.1) is 0 Å². The van der Waals surface area contributed by atoms with E-state index < -0.39 is 16.1 Å². The van der Waals surface area contributed by atoms with Crippen LogP contribution in [0.5, 0.6) is 11.5 Å². The predicted molar refractivity (Wildman–Crippen MR) is 181 cm³/mol. The SMILES string of the molecule is COc1ccc(CCNC(=O)[C@H](c2ccccc2)N(Cc2ccccc2)C(=O)CCc2ccc(S(=O)(=O)NC3CC3)cc2)cc1OC. The third kappa shape index (κ3) is 9.21. The molecule has 2 N–H and O–H groups in total. The Morgan fingerprint density at radius 1 is 0.787 bits per heavy atom. The molecule has 2 amide bonds. The van der Waals surface area contributed by atoms with Gasteiger partial charge in [0.15, 0.2) is 11.5 Å². The smallest absolute Gasteiger partial charge is 0.247 e. The highest BCUT2D eigenvalue weighted by Crippen LogP contribution is 2.28. The Kier molecular flexibility index (Phi) is 11.3. The fraction of sp³-hybridized carbons (Fsp3) is 0.297. The van der Waals surface area contributed by atoms with Crippen molar-refractivity contribution in [3.8, 4) is 11.5 Å². The van der Waals surface area contributed by atoms with Gasteiger partial charge >= 0.3 is 0 Å². The molecule has 1 aliphatic carbocycles. The van der Waals surface area contributed by atoms with Crippen molar-refractivity contribution in [1.29, 1.82) is 0 Å². The van der Waals surface area contributed by atoms with E-state index in [1.165, 1.54) is 0 Å². The third-order valence-corrected chi connectivity index (χ3v) is 9.65. The van der Waals surface area contributed by atoms with E-state index in [0.29, 0.717) is 36.4 Å². The Hall–Kier alpha value is -4.67. The number of nitrogens with one attached hydrogen (secondary N) is 2. The number of benzene rings is 4. The Morgan fingerprint density at radius 2 is 1.43 bits per heavy atom. The zero-order chi connectivity index (χ0) is 33.2. The Labute approximate surface area is 277 Å². The zero-order valence-corrected chi connectivity index (χ0v) is 27.5. The summed E-state index contributed by atoms with van der Waals surface area (Å²) in [5.74, 6) is 0.777. The lowest BCUT2D eigenvalue weighted by Gasteiger charge is -2.32. The molecule has 47 heavy (non-hydrogen) atoms. The van der Waals surface area contributed by atoms with E-state index >= 15 is 0 Å². The van der Waals surface area contributed by atoms with Gasteiger partial charge in [0.1, 0.15) is 6.04 Å². The highest BCUT2D eigenvalue weighted by Gasteiger charge is 2.31. The molecule has 10 heteroatoms. The van der Waals surface area contributed by atoms with E-state index in [-0.39, 0.29) is 35.7 Å².